The van der Waals surface area contributed by atoms with Crippen molar-refractivity contribution >= 4 is 16.9 Å². The van der Waals surface area contributed by atoms with Gasteiger partial charge in [-0.15, -0.1) is 0 Å². The van der Waals surface area contributed by atoms with Gasteiger partial charge in [-0.05, 0) is 31.2 Å². The topological polar surface area (TPSA) is 57.2 Å². The van der Waals surface area contributed by atoms with Crippen LogP contribution in [0.5, 0.6) is 0 Å². The van der Waals surface area contributed by atoms with Gasteiger partial charge in [-0.1, -0.05) is 0 Å². The largest absolute Gasteiger partial charge is 0.465 e. The van der Waals surface area contributed by atoms with Crippen LogP contribution >= 0.6 is 0 Å². The highest BCUT2D eigenvalue weighted by Crippen LogP contribution is 2.20. The monoisotopic (exact) mass is 264 g/mol. The van der Waals surface area contributed by atoms with Crippen LogP contribution < -0.4 is 5.73 Å². The van der Waals surface area contributed by atoms with E-state index in [9.17, 15) is 9.18 Å². The Kier molecular flexibility index (Phi) is 3.85. The van der Waals surface area contributed by atoms with E-state index in [4.69, 9.17) is 10.5 Å². The van der Waals surface area contributed by atoms with E-state index in [1.807, 2.05) is 17.7 Å². The summed E-state index contributed by atoms with van der Waals surface area (Å²) in [6, 6.07) is 5.74. The van der Waals surface area contributed by atoms with E-state index in [1.165, 1.54) is 12.1 Å². The highest BCUT2D eigenvalue weighted by molar-refractivity contribution is 5.82. The van der Waals surface area contributed by atoms with Gasteiger partial charge in [0, 0.05) is 30.1 Å². The summed E-state index contributed by atoms with van der Waals surface area (Å²) in [6.45, 7) is 2.05. The van der Waals surface area contributed by atoms with Crippen LogP contribution in [0.4, 0.5) is 4.39 Å². The second-order valence-electron chi connectivity index (χ2n) is 4.46. The molecule has 0 fully saturated rings. The predicted octanol–water partition coefficient (Wildman–Crippen LogP) is 1.75. The van der Waals surface area contributed by atoms with Crippen LogP contribution in [-0.2, 0) is 23.0 Å². The summed E-state index contributed by atoms with van der Waals surface area (Å²) in [5.41, 5.74) is 7.58. The zero-order valence-electron chi connectivity index (χ0n) is 11.0. The molecule has 1 unspecified atom stereocenters. The first-order valence-electron chi connectivity index (χ1n) is 6.19. The molecule has 4 nitrogen and oxygen atoms in total. The zero-order valence-corrected chi connectivity index (χ0v) is 11.0. The molecule has 0 aliphatic heterocycles. The number of aryl methyl sites for hydroxylation is 1. The van der Waals surface area contributed by atoms with Crippen molar-refractivity contribution in [3.8, 4) is 0 Å². The average Bonchev–Trinajstić information content (AvgIpc) is 2.66. The summed E-state index contributed by atoms with van der Waals surface area (Å²) in [4.78, 5) is 11.5. The third-order valence-electron chi connectivity index (χ3n) is 3.12. The molecular weight excluding hydrogens is 247 g/mol. The molecule has 0 spiro atoms. The Bertz CT molecular complexity index is 607. The molecule has 102 valence electrons. The molecule has 0 amide bonds. The minimum atomic E-state index is -0.701. The van der Waals surface area contributed by atoms with Crippen LogP contribution in [-0.4, -0.2) is 23.2 Å². The van der Waals surface area contributed by atoms with Gasteiger partial charge in [0.2, 0.25) is 0 Å². The first-order valence-corrected chi connectivity index (χ1v) is 6.19. The molecule has 0 aliphatic rings. The SMILES string of the molecule is CCOC(=O)C(N)Cc1cc2cc(F)ccc2n1C. The minimum absolute atomic E-state index is 0.278. The number of nitrogens with zero attached hydrogens (tertiary/aromatic N) is 1. The number of fused-ring (bicyclic) bond motifs is 1. The van der Waals surface area contributed by atoms with E-state index in [1.54, 1.807) is 13.0 Å². The van der Waals surface area contributed by atoms with Crippen LogP contribution in [0.3, 0.4) is 0 Å². The Hall–Kier alpha value is -1.88. The summed E-state index contributed by atoms with van der Waals surface area (Å²) in [5.74, 6) is -0.696. The number of carbonyl (C=O) groups excluding carboxylic acids is 1. The molecule has 0 bridgehead atoms. The van der Waals surface area contributed by atoms with E-state index in [-0.39, 0.29) is 5.82 Å². The van der Waals surface area contributed by atoms with Crippen LogP contribution in [0.2, 0.25) is 0 Å². The minimum Gasteiger partial charge on any atom is -0.465 e. The van der Waals surface area contributed by atoms with Gasteiger partial charge in [0.25, 0.3) is 0 Å². The number of hydrogen-bond donors (Lipinski definition) is 1. The number of carbonyl (C=O) groups is 1. The van der Waals surface area contributed by atoms with Crippen LogP contribution in [0.25, 0.3) is 10.9 Å². The summed E-state index contributed by atoms with van der Waals surface area (Å²) < 4.78 is 19.9. The third-order valence-corrected chi connectivity index (χ3v) is 3.12. The number of esters is 1. The van der Waals surface area contributed by atoms with Gasteiger partial charge in [0.15, 0.2) is 0 Å². The highest BCUT2D eigenvalue weighted by Gasteiger charge is 2.17. The van der Waals surface area contributed by atoms with Crippen LogP contribution in [0.15, 0.2) is 24.3 Å². The molecule has 2 N–H and O–H groups in total. The fourth-order valence-electron chi connectivity index (χ4n) is 2.13. The van der Waals surface area contributed by atoms with Crippen molar-refractivity contribution in [2.75, 3.05) is 6.61 Å². The van der Waals surface area contributed by atoms with Crippen molar-refractivity contribution in [1.29, 1.82) is 0 Å². The smallest absolute Gasteiger partial charge is 0.323 e. The Morgan fingerprint density at radius 3 is 2.89 bits per heavy atom. The van der Waals surface area contributed by atoms with Crippen molar-refractivity contribution in [3.05, 3.63) is 35.8 Å². The van der Waals surface area contributed by atoms with Gasteiger partial charge >= 0.3 is 5.97 Å². The van der Waals surface area contributed by atoms with E-state index in [0.717, 1.165) is 16.6 Å². The first kappa shape index (κ1) is 13.5. The second-order valence-corrected chi connectivity index (χ2v) is 4.46. The predicted molar refractivity (Wildman–Crippen MR) is 71.2 cm³/mol. The number of ether oxygens (including phenoxy) is 1. The Morgan fingerprint density at radius 1 is 1.47 bits per heavy atom. The fraction of sp³-hybridized carbons (Fsp3) is 0.357. The summed E-state index contributed by atoms with van der Waals surface area (Å²) in [7, 11) is 1.87. The van der Waals surface area contributed by atoms with Gasteiger partial charge in [0.05, 0.1) is 6.61 Å². The lowest BCUT2D eigenvalue weighted by Crippen LogP contribution is -2.34. The number of nitrogens with two attached hydrogens (primary N) is 1. The van der Waals surface area contributed by atoms with Crippen molar-refractivity contribution in [2.24, 2.45) is 12.8 Å². The molecule has 5 heteroatoms. The lowest BCUT2D eigenvalue weighted by atomic mass is 10.1. The molecule has 1 atom stereocenters. The fourth-order valence-corrected chi connectivity index (χ4v) is 2.13. The van der Waals surface area contributed by atoms with Crippen molar-refractivity contribution in [2.45, 2.75) is 19.4 Å². The molecule has 0 saturated heterocycles. The van der Waals surface area contributed by atoms with Gasteiger partial charge < -0.3 is 15.0 Å². The van der Waals surface area contributed by atoms with E-state index in [0.29, 0.717) is 13.0 Å². The second kappa shape index (κ2) is 5.40. The van der Waals surface area contributed by atoms with Gasteiger partial charge in [-0.2, -0.15) is 0 Å². The number of halogens is 1. The Balaban J connectivity index is 2.26. The van der Waals surface area contributed by atoms with Crippen LogP contribution in [0.1, 0.15) is 12.6 Å². The van der Waals surface area contributed by atoms with Crippen LogP contribution in [0, 0.1) is 5.82 Å². The van der Waals surface area contributed by atoms with Gasteiger partial charge in [0.1, 0.15) is 11.9 Å². The van der Waals surface area contributed by atoms with Gasteiger partial charge in [-0.25, -0.2) is 4.39 Å². The molecule has 2 aromatic rings. The molecule has 0 aliphatic carbocycles. The molecule has 1 aromatic carbocycles. The number of benzene rings is 1. The zero-order chi connectivity index (χ0) is 14.0. The maximum Gasteiger partial charge on any atom is 0.323 e. The lowest BCUT2D eigenvalue weighted by molar-refractivity contribution is -0.144. The average molecular weight is 264 g/mol. The molecule has 0 saturated carbocycles. The quantitative estimate of drug-likeness (QED) is 0.856. The summed E-state index contributed by atoms with van der Waals surface area (Å²) in [5, 5.41) is 0.800. The normalized spacial score (nSPS) is 12.6. The Morgan fingerprint density at radius 2 is 2.21 bits per heavy atom. The van der Waals surface area contributed by atoms with E-state index in [2.05, 4.69) is 0 Å². The first-order chi connectivity index (χ1) is 9.02. The third kappa shape index (κ3) is 2.76. The van der Waals surface area contributed by atoms with E-state index >= 15 is 0 Å². The summed E-state index contributed by atoms with van der Waals surface area (Å²) in [6.07, 6.45) is 0.367. The maximum atomic E-state index is 13.2. The molecule has 19 heavy (non-hydrogen) atoms. The Labute approximate surface area is 111 Å². The molecule has 1 aromatic heterocycles. The van der Waals surface area contributed by atoms with Crippen molar-refractivity contribution in [1.82, 2.24) is 4.57 Å². The van der Waals surface area contributed by atoms with Crippen molar-refractivity contribution in [3.63, 3.8) is 0 Å². The number of aromatic nitrogens is 1. The standard InChI is InChI=1S/C14H17FN2O2/c1-3-19-14(18)12(16)8-11-7-9-6-10(15)4-5-13(9)17(11)2/h4-7,12H,3,8,16H2,1-2H3. The molecular formula is C14H17FN2O2. The number of rotatable bonds is 4. The van der Waals surface area contributed by atoms with E-state index < -0.39 is 12.0 Å². The van der Waals surface area contributed by atoms with Crippen molar-refractivity contribution < 1.29 is 13.9 Å². The molecule has 2 rings (SSSR count). The highest BCUT2D eigenvalue weighted by atomic mass is 19.1. The lowest BCUT2D eigenvalue weighted by Gasteiger charge is -2.11. The maximum absolute atomic E-state index is 13.2. The van der Waals surface area contributed by atoms with Gasteiger partial charge in [-0.3, -0.25) is 4.79 Å². The summed E-state index contributed by atoms with van der Waals surface area (Å²) >= 11 is 0. The number of hydrogen-bond acceptors (Lipinski definition) is 3. The molecule has 0 radical (unpaired) electrons. The molecule has 1 heterocycles.